The lowest BCUT2D eigenvalue weighted by Gasteiger charge is -2.13. The van der Waals surface area contributed by atoms with E-state index in [0.717, 1.165) is 17.8 Å². The number of ether oxygens (including phenoxy) is 1. The van der Waals surface area contributed by atoms with Crippen LogP contribution in [-0.2, 0) is 4.79 Å². The average Bonchev–Trinajstić information content (AvgIpc) is 2.92. The number of rotatable bonds is 7. The van der Waals surface area contributed by atoms with Gasteiger partial charge in [-0.15, -0.1) is 0 Å². The maximum absolute atomic E-state index is 12.3. The van der Waals surface area contributed by atoms with Gasteiger partial charge in [-0.25, -0.2) is 0 Å². The maximum atomic E-state index is 12.3. The second kappa shape index (κ2) is 8.37. The number of aryl methyl sites for hydroxylation is 2. The quantitative estimate of drug-likeness (QED) is 0.812. The molecule has 1 aromatic carbocycles. The number of carbonyl (C=O) groups excluding carboxylic acids is 2. The summed E-state index contributed by atoms with van der Waals surface area (Å²) in [5, 5.41) is 2.83. The fourth-order valence-corrected chi connectivity index (χ4v) is 2.28. The van der Waals surface area contributed by atoms with Crippen molar-refractivity contribution in [3.05, 3.63) is 53.3 Å². The van der Waals surface area contributed by atoms with E-state index in [9.17, 15) is 9.59 Å². The van der Waals surface area contributed by atoms with E-state index in [1.807, 2.05) is 39.8 Å². The van der Waals surface area contributed by atoms with Crippen molar-refractivity contribution in [2.75, 3.05) is 12.0 Å². The predicted molar refractivity (Wildman–Crippen MR) is 97.4 cm³/mol. The van der Waals surface area contributed by atoms with Crippen molar-refractivity contribution in [3.8, 4) is 5.75 Å². The van der Waals surface area contributed by atoms with E-state index in [1.165, 1.54) is 0 Å². The first kappa shape index (κ1) is 18.6. The topological polar surface area (TPSA) is 72.4 Å². The van der Waals surface area contributed by atoms with Crippen molar-refractivity contribution >= 4 is 11.8 Å². The van der Waals surface area contributed by atoms with E-state index >= 15 is 0 Å². The Kier molecular flexibility index (Phi) is 6.22. The van der Waals surface area contributed by atoms with E-state index in [0.29, 0.717) is 11.3 Å². The van der Waals surface area contributed by atoms with Crippen LogP contribution in [0.15, 0.2) is 36.4 Å². The summed E-state index contributed by atoms with van der Waals surface area (Å²) in [7, 11) is 0. The molecule has 2 amide bonds. The highest BCUT2D eigenvalue weighted by Crippen LogP contribution is 2.13. The van der Waals surface area contributed by atoms with Crippen LogP contribution >= 0.6 is 0 Å². The Labute approximate surface area is 148 Å². The van der Waals surface area contributed by atoms with Gasteiger partial charge in [-0.2, -0.15) is 0 Å². The fraction of sp³-hybridized carbons (Fsp3) is 0.368. The molecule has 2 aromatic rings. The van der Waals surface area contributed by atoms with Crippen LogP contribution in [0.3, 0.4) is 0 Å². The molecule has 1 aromatic heterocycles. The molecule has 0 saturated heterocycles. The molecule has 0 radical (unpaired) electrons. The molecule has 0 saturated carbocycles. The molecule has 0 aliphatic carbocycles. The van der Waals surface area contributed by atoms with Crippen LogP contribution in [0.1, 0.15) is 42.0 Å². The van der Waals surface area contributed by atoms with Gasteiger partial charge in [0.2, 0.25) is 0 Å². The minimum absolute atomic E-state index is 0.0440. The molecule has 1 heterocycles. The molecule has 6 nitrogen and oxygen atoms in total. The van der Waals surface area contributed by atoms with Crippen molar-refractivity contribution in [2.45, 2.75) is 40.2 Å². The molecule has 134 valence electrons. The van der Waals surface area contributed by atoms with Crippen LogP contribution in [0.25, 0.3) is 0 Å². The van der Waals surface area contributed by atoms with Crippen molar-refractivity contribution in [1.29, 1.82) is 0 Å². The van der Waals surface area contributed by atoms with Gasteiger partial charge in [0.05, 0.1) is 0 Å². The van der Waals surface area contributed by atoms with Crippen molar-refractivity contribution in [3.63, 3.8) is 0 Å². The number of aromatic nitrogens is 1. The average molecular weight is 343 g/mol. The SMILES string of the molecule is CC[C@H](C)NC(=O)COc1ccc(C(=O)Nn2c(C)ccc2C)cc1. The highest BCUT2D eigenvalue weighted by Gasteiger charge is 2.10. The largest absolute Gasteiger partial charge is 0.484 e. The fourth-order valence-electron chi connectivity index (χ4n) is 2.28. The van der Waals surface area contributed by atoms with Crippen LogP contribution in [0.5, 0.6) is 5.75 Å². The Morgan fingerprint density at radius 3 is 2.24 bits per heavy atom. The number of carbonyl (C=O) groups is 2. The molecular formula is C19H25N3O3. The van der Waals surface area contributed by atoms with Crippen LogP contribution < -0.4 is 15.5 Å². The standard InChI is InChI=1S/C19H25N3O3/c1-5-13(2)20-18(23)12-25-17-10-8-16(9-11-17)19(24)21-22-14(3)6-7-15(22)4/h6-11,13H,5,12H2,1-4H3,(H,20,23)(H,21,24)/t13-/m0/s1. The summed E-state index contributed by atoms with van der Waals surface area (Å²) in [5.41, 5.74) is 5.28. The lowest BCUT2D eigenvalue weighted by molar-refractivity contribution is -0.123. The van der Waals surface area contributed by atoms with Gasteiger partial charge in [-0.3, -0.25) is 19.7 Å². The van der Waals surface area contributed by atoms with E-state index in [4.69, 9.17) is 4.74 Å². The zero-order valence-corrected chi connectivity index (χ0v) is 15.1. The summed E-state index contributed by atoms with van der Waals surface area (Å²) in [6.07, 6.45) is 0.871. The molecule has 0 aliphatic rings. The molecule has 1 atom stereocenters. The Balaban J connectivity index is 1.91. The third-order valence-corrected chi connectivity index (χ3v) is 3.99. The third-order valence-electron chi connectivity index (χ3n) is 3.99. The third kappa shape index (κ3) is 5.11. The predicted octanol–water partition coefficient (Wildman–Crippen LogP) is 2.78. The molecule has 2 rings (SSSR count). The second-order valence-electron chi connectivity index (χ2n) is 6.08. The molecular weight excluding hydrogens is 318 g/mol. The molecule has 25 heavy (non-hydrogen) atoms. The maximum Gasteiger partial charge on any atom is 0.270 e. The highest BCUT2D eigenvalue weighted by atomic mass is 16.5. The summed E-state index contributed by atoms with van der Waals surface area (Å²) in [6, 6.07) is 10.7. The monoisotopic (exact) mass is 343 g/mol. The first-order valence-corrected chi connectivity index (χ1v) is 8.39. The van der Waals surface area contributed by atoms with Crippen LogP contribution in [0.4, 0.5) is 0 Å². The molecule has 2 N–H and O–H groups in total. The van der Waals surface area contributed by atoms with Gasteiger partial charge in [0.15, 0.2) is 6.61 Å². The molecule has 0 aliphatic heterocycles. The van der Waals surface area contributed by atoms with E-state index < -0.39 is 0 Å². The summed E-state index contributed by atoms with van der Waals surface area (Å²) < 4.78 is 7.19. The molecule has 6 heteroatoms. The first-order valence-electron chi connectivity index (χ1n) is 8.39. The zero-order chi connectivity index (χ0) is 18.4. The van der Waals surface area contributed by atoms with Crippen molar-refractivity contribution < 1.29 is 14.3 Å². The Morgan fingerprint density at radius 1 is 1.08 bits per heavy atom. The number of amides is 2. The minimum Gasteiger partial charge on any atom is -0.484 e. The smallest absolute Gasteiger partial charge is 0.270 e. The van der Waals surface area contributed by atoms with Crippen LogP contribution in [0, 0.1) is 13.8 Å². The Hall–Kier alpha value is -2.76. The molecule has 0 bridgehead atoms. The number of hydrogen-bond acceptors (Lipinski definition) is 3. The van der Waals surface area contributed by atoms with Gasteiger partial charge in [0.1, 0.15) is 5.75 Å². The van der Waals surface area contributed by atoms with Crippen LogP contribution in [-0.4, -0.2) is 29.1 Å². The highest BCUT2D eigenvalue weighted by molar-refractivity contribution is 6.00. The van der Waals surface area contributed by atoms with E-state index in [2.05, 4.69) is 10.7 Å². The van der Waals surface area contributed by atoms with Gasteiger partial charge < -0.3 is 10.1 Å². The second-order valence-corrected chi connectivity index (χ2v) is 6.08. The van der Waals surface area contributed by atoms with Gasteiger partial charge in [0, 0.05) is 23.0 Å². The summed E-state index contributed by atoms with van der Waals surface area (Å²) >= 11 is 0. The summed E-state index contributed by atoms with van der Waals surface area (Å²) in [5.74, 6) is 0.183. The van der Waals surface area contributed by atoms with E-state index in [-0.39, 0.29) is 24.5 Å². The first-order chi connectivity index (χ1) is 11.9. The molecule has 0 spiro atoms. The van der Waals surface area contributed by atoms with Gasteiger partial charge >= 0.3 is 0 Å². The lowest BCUT2D eigenvalue weighted by atomic mass is 10.2. The number of nitrogens with one attached hydrogen (secondary N) is 2. The van der Waals surface area contributed by atoms with Crippen LogP contribution in [0.2, 0.25) is 0 Å². The lowest BCUT2D eigenvalue weighted by Crippen LogP contribution is -2.35. The van der Waals surface area contributed by atoms with Crippen molar-refractivity contribution in [1.82, 2.24) is 9.99 Å². The number of hydrogen-bond donors (Lipinski definition) is 2. The van der Waals surface area contributed by atoms with Crippen molar-refractivity contribution in [2.24, 2.45) is 0 Å². The molecule has 0 fully saturated rings. The summed E-state index contributed by atoms with van der Waals surface area (Å²) in [4.78, 5) is 24.0. The van der Waals surface area contributed by atoms with Gasteiger partial charge in [0.25, 0.3) is 11.8 Å². The zero-order valence-electron chi connectivity index (χ0n) is 15.1. The number of nitrogens with zero attached hydrogens (tertiary/aromatic N) is 1. The van der Waals surface area contributed by atoms with Gasteiger partial charge in [-0.05, 0) is 63.6 Å². The number of benzene rings is 1. The Bertz CT molecular complexity index is 715. The summed E-state index contributed by atoms with van der Waals surface area (Å²) in [6.45, 7) is 7.76. The normalized spacial score (nSPS) is 11.7. The molecule has 0 unspecified atom stereocenters. The van der Waals surface area contributed by atoms with E-state index in [1.54, 1.807) is 28.9 Å². The Morgan fingerprint density at radius 2 is 1.68 bits per heavy atom. The van der Waals surface area contributed by atoms with Gasteiger partial charge in [-0.1, -0.05) is 6.92 Å². The minimum atomic E-state index is -0.205.